The summed E-state index contributed by atoms with van der Waals surface area (Å²) < 4.78 is 5.70. The number of carbonyl (C=O) groups excluding carboxylic acids is 1. The molecule has 0 saturated carbocycles. The molecule has 1 aromatic carbocycles. The number of nitrogens with zero attached hydrogens (tertiary/aromatic N) is 2. The number of nitro benzene ring substituents is 1. The zero-order valence-electron chi connectivity index (χ0n) is 14.6. The van der Waals surface area contributed by atoms with E-state index >= 15 is 0 Å². The number of thioether (sulfide) groups is 1. The molecule has 1 aromatic rings. The minimum absolute atomic E-state index is 0.0212. The minimum Gasteiger partial charge on any atom is -0.373 e. The van der Waals surface area contributed by atoms with E-state index in [1.54, 1.807) is 12.1 Å². The first-order chi connectivity index (χ1) is 11.9. The van der Waals surface area contributed by atoms with Gasteiger partial charge in [-0.25, -0.2) is 0 Å². The zero-order valence-corrected chi connectivity index (χ0v) is 15.5. The van der Waals surface area contributed by atoms with Crippen LogP contribution in [0.2, 0.25) is 0 Å². The predicted molar refractivity (Wildman–Crippen MR) is 97.9 cm³/mol. The Labute approximate surface area is 152 Å². The van der Waals surface area contributed by atoms with Crippen molar-refractivity contribution in [2.24, 2.45) is 0 Å². The summed E-state index contributed by atoms with van der Waals surface area (Å²) >= 11 is 1.37. The fourth-order valence-electron chi connectivity index (χ4n) is 2.86. The van der Waals surface area contributed by atoms with E-state index in [4.69, 9.17) is 4.74 Å². The fraction of sp³-hybridized carbons (Fsp3) is 0.588. The Morgan fingerprint density at radius 2 is 1.96 bits per heavy atom. The molecule has 2 rings (SSSR count). The van der Waals surface area contributed by atoms with Crippen LogP contribution in [-0.4, -0.2) is 59.9 Å². The average molecular weight is 367 g/mol. The van der Waals surface area contributed by atoms with E-state index in [9.17, 15) is 14.9 Å². The van der Waals surface area contributed by atoms with Crippen LogP contribution in [0.1, 0.15) is 20.3 Å². The summed E-state index contributed by atoms with van der Waals surface area (Å²) in [6, 6.07) is 6.22. The third kappa shape index (κ3) is 7.01. The van der Waals surface area contributed by atoms with E-state index in [1.807, 2.05) is 0 Å². The standard InChI is InChI=1S/C17H25N3O4S/c1-13-10-19(11-14(2)24-13)9-3-8-18-17(21)12-25-16-6-4-15(5-7-16)20(22)23/h4-7,13-14H,3,8-12H2,1-2H3,(H,18,21). The van der Waals surface area contributed by atoms with Gasteiger partial charge >= 0.3 is 0 Å². The lowest BCUT2D eigenvalue weighted by Gasteiger charge is -2.35. The summed E-state index contributed by atoms with van der Waals surface area (Å²) in [4.78, 5) is 25.3. The van der Waals surface area contributed by atoms with E-state index in [-0.39, 0.29) is 23.8 Å². The molecule has 0 radical (unpaired) electrons. The molecule has 0 bridgehead atoms. The second-order valence-electron chi connectivity index (χ2n) is 6.26. The molecule has 8 heteroatoms. The smallest absolute Gasteiger partial charge is 0.269 e. The number of nitrogens with one attached hydrogen (secondary N) is 1. The Bertz CT molecular complexity index is 572. The van der Waals surface area contributed by atoms with Gasteiger partial charge in [-0.15, -0.1) is 11.8 Å². The summed E-state index contributed by atoms with van der Waals surface area (Å²) in [7, 11) is 0. The summed E-state index contributed by atoms with van der Waals surface area (Å²) in [5.41, 5.74) is 0.0561. The Balaban J connectivity index is 1.60. The van der Waals surface area contributed by atoms with Crippen LogP contribution in [-0.2, 0) is 9.53 Å². The Hall–Kier alpha value is -1.64. The van der Waals surface area contributed by atoms with E-state index in [0.29, 0.717) is 12.3 Å². The van der Waals surface area contributed by atoms with E-state index in [1.165, 1.54) is 23.9 Å². The predicted octanol–water partition coefficient (Wildman–Crippen LogP) is 2.30. The minimum atomic E-state index is -0.433. The first kappa shape index (κ1) is 19.7. The second kappa shape index (κ2) is 9.74. The van der Waals surface area contributed by atoms with Gasteiger partial charge < -0.3 is 10.1 Å². The van der Waals surface area contributed by atoms with Gasteiger partial charge in [-0.2, -0.15) is 0 Å². The summed E-state index contributed by atoms with van der Waals surface area (Å²) in [5.74, 6) is 0.288. The van der Waals surface area contributed by atoms with Crippen LogP contribution >= 0.6 is 11.8 Å². The van der Waals surface area contributed by atoms with Crippen LogP contribution in [0.5, 0.6) is 0 Å². The van der Waals surface area contributed by atoms with Crippen molar-refractivity contribution in [3.05, 3.63) is 34.4 Å². The fourth-order valence-corrected chi connectivity index (χ4v) is 3.59. The molecule has 0 aliphatic carbocycles. The van der Waals surface area contributed by atoms with Crippen LogP contribution in [0.3, 0.4) is 0 Å². The lowest BCUT2D eigenvalue weighted by molar-refractivity contribution is -0.384. The highest BCUT2D eigenvalue weighted by molar-refractivity contribution is 8.00. The first-order valence-electron chi connectivity index (χ1n) is 8.46. The zero-order chi connectivity index (χ0) is 18.2. The number of rotatable bonds is 8. The van der Waals surface area contributed by atoms with Crippen molar-refractivity contribution < 1.29 is 14.5 Å². The highest BCUT2D eigenvalue weighted by Crippen LogP contribution is 2.21. The van der Waals surface area contributed by atoms with Crippen molar-refractivity contribution in [1.29, 1.82) is 0 Å². The van der Waals surface area contributed by atoms with Gasteiger partial charge in [0.1, 0.15) is 0 Å². The first-order valence-corrected chi connectivity index (χ1v) is 9.44. The molecular formula is C17H25N3O4S. The summed E-state index contributed by atoms with van der Waals surface area (Å²) in [6.07, 6.45) is 1.43. The average Bonchev–Trinajstić information content (AvgIpc) is 2.56. The Kier molecular flexibility index (Phi) is 7.67. The molecule has 1 heterocycles. The van der Waals surface area contributed by atoms with Crippen LogP contribution in [0, 0.1) is 10.1 Å². The van der Waals surface area contributed by atoms with E-state index in [2.05, 4.69) is 24.1 Å². The number of non-ortho nitro benzene ring substituents is 1. The second-order valence-corrected chi connectivity index (χ2v) is 7.31. The number of carbonyl (C=O) groups is 1. The van der Waals surface area contributed by atoms with Gasteiger partial charge in [0, 0.05) is 43.2 Å². The van der Waals surface area contributed by atoms with Crippen molar-refractivity contribution in [1.82, 2.24) is 10.2 Å². The third-order valence-corrected chi connectivity index (χ3v) is 4.90. The van der Waals surface area contributed by atoms with Crippen LogP contribution in [0.15, 0.2) is 29.2 Å². The van der Waals surface area contributed by atoms with Crippen molar-refractivity contribution in [2.75, 3.05) is 31.9 Å². The molecule has 1 saturated heterocycles. The molecule has 1 aliphatic heterocycles. The van der Waals surface area contributed by atoms with Gasteiger partial charge in [-0.1, -0.05) is 0 Å². The summed E-state index contributed by atoms with van der Waals surface area (Å²) in [6.45, 7) is 7.65. The molecule has 1 aliphatic rings. The largest absolute Gasteiger partial charge is 0.373 e. The van der Waals surface area contributed by atoms with E-state index < -0.39 is 4.92 Å². The van der Waals surface area contributed by atoms with Gasteiger partial charge in [0.05, 0.1) is 22.9 Å². The highest BCUT2D eigenvalue weighted by Gasteiger charge is 2.21. The molecule has 1 N–H and O–H groups in total. The SMILES string of the molecule is CC1CN(CCCNC(=O)CSc2ccc([N+](=O)[O-])cc2)CC(C)O1. The Morgan fingerprint density at radius 1 is 1.32 bits per heavy atom. The van der Waals surface area contributed by atoms with Crippen LogP contribution < -0.4 is 5.32 Å². The molecule has 138 valence electrons. The number of nitro groups is 1. The van der Waals surface area contributed by atoms with Gasteiger partial charge in [0.2, 0.25) is 5.91 Å². The topological polar surface area (TPSA) is 84.7 Å². The Morgan fingerprint density at radius 3 is 2.56 bits per heavy atom. The van der Waals surface area contributed by atoms with Crippen molar-refractivity contribution >= 4 is 23.4 Å². The number of amides is 1. The van der Waals surface area contributed by atoms with Crippen molar-refractivity contribution in [3.8, 4) is 0 Å². The van der Waals surface area contributed by atoms with Gasteiger partial charge in [0.15, 0.2) is 0 Å². The van der Waals surface area contributed by atoms with Gasteiger partial charge in [-0.05, 0) is 32.4 Å². The number of morpholine rings is 1. The number of hydrogen-bond donors (Lipinski definition) is 1. The molecule has 25 heavy (non-hydrogen) atoms. The maximum Gasteiger partial charge on any atom is 0.269 e. The molecule has 2 unspecified atom stereocenters. The summed E-state index contributed by atoms with van der Waals surface area (Å²) in [5, 5.41) is 13.5. The number of benzene rings is 1. The van der Waals surface area contributed by atoms with Crippen LogP contribution in [0.4, 0.5) is 5.69 Å². The monoisotopic (exact) mass is 367 g/mol. The molecule has 1 fully saturated rings. The highest BCUT2D eigenvalue weighted by atomic mass is 32.2. The molecule has 1 amide bonds. The molecular weight excluding hydrogens is 342 g/mol. The van der Waals surface area contributed by atoms with E-state index in [0.717, 1.165) is 31.0 Å². The molecule has 0 spiro atoms. The molecule has 0 aromatic heterocycles. The van der Waals surface area contributed by atoms with Crippen molar-refractivity contribution in [3.63, 3.8) is 0 Å². The number of ether oxygens (including phenoxy) is 1. The third-order valence-electron chi connectivity index (χ3n) is 3.89. The van der Waals surface area contributed by atoms with Crippen LogP contribution in [0.25, 0.3) is 0 Å². The maximum atomic E-state index is 11.9. The van der Waals surface area contributed by atoms with Gasteiger partial charge in [0.25, 0.3) is 5.69 Å². The molecule has 2 atom stereocenters. The van der Waals surface area contributed by atoms with Gasteiger partial charge in [-0.3, -0.25) is 19.8 Å². The lowest BCUT2D eigenvalue weighted by Crippen LogP contribution is -2.46. The number of hydrogen-bond acceptors (Lipinski definition) is 6. The maximum absolute atomic E-state index is 11.9. The van der Waals surface area contributed by atoms with Crippen molar-refractivity contribution in [2.45, 2.75) is 37.4 Å². The lowest BCUT2D eigenvalue weighted by atomic mass is 10.2. The quantitative estimate of drug-likeness (QED) is 0.328. The molecule has 7 nitrogen and oxygen atoms in total. The normalized spacial score (nSPS) is 21.0.